The quantitative estimate of drug-likeness (QED) is 0.315. The van der Waals surface area contributed by atoms with Crippen LogP contribution in [0.2, 0.25) is 0 Å². The second-order valence-corrected chi connectivity index (χ2v) is 7.83. The summed E-state index contributed by atoms with van der Waals surface area (Å²) in [6.07, 6.45) is 0.224. The summed E-state index contributed by atoms with van der Waals surface area (Å²) >= 11 is 0. The zero-order valence-electron chi connectivity index (χ0n) is 18.3. The van der Waals surface area contributed by atoms with Gasteiger partial charge in [-0.3, -0.25) is 10.1 Å². The first-order valence-electron chi connectivity index (χ1n) is 10.8. The molecule has 4 N–H and O–H groups in total. The van der Waals surface area contributed by atoms with Crippen LogP contribution in [-0.2, 0) is 6.42 Å². The molecule has 0 aliphatic rings. The smallest absolute Gasteiger partial charge is 0.321 e. The fourth-order valence-electron chi connectivity index (χ4n) is 3.93. The van der Waals surface area contributed by atoms with Gasteiger partial charge < -0.3 is 10.3 Å². The van der Waals surface area contributed by atoms with E-state index < -0.39 is 0 Å². The zero-order valence-corrected chi connectivity index (χ0v) is 18.3. The van der Waals surface area contributed by atoms with Crippen LogP contribution in [0.25, 0.3) is 32.9 Å². The number of rotatable bonds is 5. The van der Waals surface area contributed by atoms with E-state index >= 15 is 0 Å². The van der Waals surface area contributed by atoms with Gasteiger partial charge in [-0.15, -0.1) is 0 Å². The average Bonchev–Trinajstić information content (AvgIpc) is 3.24. The molecule has 0 atom stereocenters. The number of nitrogens with zero attached hydrogens (tertiary/aromatic N) is 2. The number of carbonyl (C=O) groups excluding carboxylic acids is 1. The Hall–Kier alpha value is -4.53. The van der Waals surface area contributed by atoms with Gasteiger partial charge in [-0.05, 0) is 53.9 Å². The molecular weight excluding hydrogens is 435 g/mol. The van der Waals surface area contributed by atoms with Gasteiger partial charge in [0.05, 0.1) is 22.1 Å². The molecule has 9 heteroatoms. The number of imidazole rings is 1. The molecule has 170 valence electrons. The Balaban J connectivity index is 1.47. The van der Waals surface area contributed by atoms with Gasteiger partial charge >= 0.3 is 6.03 Å². The van der Waals surface area contributed by atoms with Crippen LogP contribution in [0.4, 0.5) is 15.1 Å². The van der Waals surface area contributed by atoms with Gasteiger partial charge in [-0.2, -0.15) is 5.10 Å². The van der Waals surface area contributed by atoms with Crippen LogP contribution in [-0.4, -0.2) is 32.7 Å². The molecule has 2 aromatic heterocycles. The molecule has 0 bridgehead atoms. The van der Waals surface area contributed by atoms with Crippen molar-refractivity contribution >= 4 is 33.8 Å². The van der Waals surface area contributed by atoms with Gasteiger partial charge in [-0.1, -0.05) is 30.3 Å². The minimum atomic E-state index is -0.352. The summed E-state index contributed by atoms with van der Waals surface area (Å²) < 4.78 is 14.7. The van der Waals surface area contributed by atoms with Crippen molar-refractivity contribution in [2.45, 2.75) is 13.3 Å². The molecule has 3 aromatic carbocycles. The third-order valence-electron chi connectivity index (χ3n) is 5.56. The molecule has 0 aliphatic carbocycles. The lowest BCUT2D eigenvalue weighted by Gasteiger charge is -2.09. The van der Waals surface area contributed by atoms with Crippen molar-refractivity contribution in [2.24, 2.45) is 0 Å². The maximum atomic E-state index is 14.7. The van der Waals surface area contributed by atoms with Crippen LogP contribution in [0.3, 0.4) is 0 Å². The van der Waals surface area contributed by atoms with Crippen molar-refractivity contribution in [2.75, 3.05) is 11.9 Å². The second-order valence-electron chi connectivity index (χ2n) is 7.83. The Morgan fingerprint density at radius 3 is 2.62 bits per heavy atom. The van der Waals surface area contributed by atoms with E-state index in [4.69, 9.17) is 0 Å². The average molecular weight is 456 g/mol. The van der Waals surface area contributed by atoms with E-state index in [0.29, 0.717) is 40.0 Å². The maximum Gasteiger partial charge on any atom is 0.321 e. The first-order valence-corrected chi connectivity index (χ1v) is 10.8. The summed E-state index contributed by atoms with van der Waals surface area (Å²) in [7, 11) is 0. The number of nitrogens with one attached hydrogen (secondary N) is 4. The second kappa shape index (κ2) is 8.78. The van der Waals surface area contributed by atoms with Crippen molar-refractivity contribution in [3.63, 3.8) is 0 Å². The Bertz CT molecular complexity index is 1590. The molecule has 0 radical (unpaired) electrons. The fourth-order valence-corrected chi connectivity index (χ4v) is 3.93. The van der Waals surface area contributed by atoms with Crippen LogP contribution in [0.1, 0.15) is 18.2 Å². The van der Waals surface area contributed by atoms with Crippen LogP contribution in [0.5, 0.6) is 0 Å². The topological polar surface area (TPSA) is 116 Å². The molecule has 5 aromatic rings. The zero-order chi connectivity index (χ0) is 23.7. The molecule has 0 unspecified atom stereocenters. The molecule has 0 saturated carbocycles. The van der Waals surface area contributed by atoms with E-state index in [1.165, 1.54) is 6.07 Å². The van der Waals surface area contributed by atoms with E-state index in [0.717, 1.165) is 16.6 Å². The van der Waals surface area contributed by atoms with Crippen LogP contribution < -0.4 is 16.2 Å². The number of hydrogen-bond acceptors (Lipinski definition) is 4. The molecule has 5 rings (SSSR count). The number of urea groups is 1. The van der Waals surface area contributed by atoms with Gasteiger partial charge in [0.25, 0.3) is 5.56 Å². The van der Waals surface area contributed by atoms with Crippen LogP contribution in [0, 0.1) is 5.82 Å². The first-order chi connectivity index (χ1) is 16.5. The van der Waals surface area contributed by atoms with Crippen molar-refractivity contribution in [1.82, 2.24) is 25.5 Å². The number of halogens is 1. The fraction of sp³-hybridized carbons (Fsp3) is 0.120. The normalized spacial score (nSPS) is 11.1. The highest BCUT2D eigenvalue weighted by molar-refractivity contribution is 5.91. The third kappa shape index (κ3) is 4.11. The van der Waals surface area contributed by atoms with E-state index in [9.17, 15) is 14.0 Å². The molecule has 0 saturated heterocycles. The number of aromatic nitrogens is 4. The lowest BCUT2D eigenvalue weighted by atomic mass is 9.98. The van der Waals surface area contributed by atoms with Gasteiger partial charge in [0.2, 0.25) is 5.95 Å². The number of hydrogen-bond donors (Lipinski definition) is 4. The summed E-state index contributed by atoms with van der Waals surface area (Å²) in [6, 6.07) is 17.4. The summed E-state index contributed by atoms with van der Waals surface area (Å²) in [5.41, 5.74) is 3.88. The summed E-state index contributed by atoms with van der Waals surface area (Å²) in [5, 5.41) is 13.2. The highest BCUT2D eigenvalue weighted by Crippen LogP contribution is 2.27. The lowest BCUT2D eigenvalue weighted by Crippen LogP contribution is -2.28. The maximum absolute atomic E-state index is 14.7. The summed E-state index contributed by atoms with van der Waals surface area (Å²) in [4.78, 5) is 31.3. The van der Waals surface area contributed by atoms with Crippen molar-refractivity contribution in [1.29, 1.82) is 0 Å². The van der Waals surface area contributed by atoms with Crippen LogP contribution in [0.15, 0.2) is 65.5 Å². The SMILES string of the molecule is CCNC(=O)Nc1nc2cc(-c3ccc(F)c(Cc4n[nH]c(=O)c5ccccc45)c3)ccc2[nH]1. The minimum Gasteiger partial charge on any atom is -0.338 e. The Kier molecular flexibility index (Phi) is 5.51. The van der Waals surface area contributed by atoms with E-state index in [2.05, 4.69) is 30.8 Å². The van der Waals surface area contributed by atoms with Gasteiger partial charge in [0, 0.05) is 18.4 Å². The van der Waals surface area contributed by atoms with E-state index in [1.807, 2.05) is 37.3 Å². The van der Waals surface area contributed by atoms with Crippen LogP contribution >= 0.6 is 0 Å². The highest BCUT2D eigenvalue weighted by atomic mass is 19.1. The number of benzene rings is 3. The summed E-state index contributed by atoms with van der Waals surface area (Å²) in [6.45, 7) is 2.34. The molecule has 34 heavy (non-hydrogen) atoms. The van der Waals surface area contributed by atoms with Crippen molar-refractivity contribution in [3.8, 4) is 11.1 Å². The van der Waals surface area contributed by atoms with Gasteiger partial charge in [-0.25, -0.2) is 19.3 Å². The van der Waals surface area contributed by atoms with Gasteiger partial charge in [0.15, 0.2) is 0 Å². The number of amides is 2. The number of carbonyl (C=O) groups is 1. The van der Waals surface area contributed by atoms with Crippen molar-refractivity contribution < 1.29 is 9.18 Å². The molecule has 0 spiro atoms. The Morgan fingerprint density at radius 1 is 1.03 bits per heavy atom. The van der Waals surface area contributed by atoms with Gasteiger partial charge in [0.1, 0.15) is 5.82 Å². The molecular formula is C25H21FN6O2. The molecule has 0 fully saturated rings. The predicted octanol–water partition coefficient (Wildman–Crippen LogP) is 4.34. The molecule has 8 nitrogen and oxygen atoms in total. The largest absolute Gasteiger partial charge is 0.338 e. The van der Waals surface area contributed by atoms with Crippen molar-refractivity contribution in [3.05, 3.63) is 88.1 Å². The standard InChI is InChI=1S/C25H21FN6O2/c1-2-27-25(34)30-24-28-20-10-8-15(12-22(20)29-24)14-7-9-19(26)16(11-14)13-21-17-5-3-4-6-18(17)23(33)32-31-21/h3-12H,2,13H2,1H3,(H,32,33)(H3,27,28,29,30,34). The molecule has 0 aliphatic heterocycles. The third-order valence-corrected chi connectivity index (χ3v) is 5.56. The lowest BCUT2D eigenvalue weighted by molar-refractivity contribution is 0.252. The highest BCUT2D eigenvalue weighted by Gasteiger charge is 2.13. The Labute approximate surface area is 193 Å². The number of aromatic amines is 2. The van der Waals surface area contributed by atoms with E-state index in [-0.39, 0.29) is 23.8 Å². The minimum absolute atomic E-state index is 0.224. The number of anilines is 1. The molecule has 2 heterocycles. The predicted molar refractivity (Wildman–Crippen MR) is 129 cm³/mol. The first kappa shape index (κ1) is 21.3. The van der Waals surface area contributed by atoms with E-state index in [1.54, 1.807) is 24.3 Å². The number of fused-ring (bicyclic) bond motifs is 2. The molecule has 2 amide bonds. The summed E-state index contributed by atoms with van der Waals surface area (Å²) in [5.74, 6) is -0.0102. The Morgan fingerprint density at radius 2 is 1.79 bits per heavy atom. The monoisotopic (exact) mass is 456 g/mol. The number of H-pyrrole nitrogens is 2.